The number of hydrogen-bond acceptors (Lipinski definition) is 1. The van der Waals surface area contributed by atoms with Gasteiger partial charge in [0.25, 0.3) is 5.56 Å². The monoisotopic (exact) mass is 224 g/mol. The molecular weight excluding hydrogens is 214 g/mol. The maximum absolute atomic E-state index is 13.5. The number of halogens is 2. The Morgan fingerprint density at radius 3 is 2.50 bits per heavy atom. The Kier molecular flexibility index (Phi) is 2.38. The van der Waals surface area contributed by atoms with Crippen LogP contribution in [-0.4, -0.2) is 9.78 Å². The third-order valence-corrected chi connectivity index (χ3v) is 2.43. The van der Waals surface area contributed by atoms with Crippen LogP contribution in [0.1, 0.15) is 5.69 Å². The second-order valence-corrected chi connectivity index (χ2v) is 3.60. The summed E-state index contributed by atoms with van der Waals surface area (Å²) in [6, 6.07) is 3.16. The summed E-state index contributed by atoms with van der Waals surface area (Å²) in [4.78, 5) is 11.7. The second kappa shape index (κ2) is 3.59. The molecule has 5 heteroatoms. The molecular formula is C11H10F2N2O. The highest BCUT2D eigenvalue weighted by Crippen LogP contribution is 2.22. The van der Waals surface area contributed by atoms with E-state index in [1.807, 2.05) is 0 Å². The molecule has 0 saturated heterocycles. The summed E-state index contributed by atoms with van der Waals surface area (Å²) in [6.07, 6.45) is 0. The summed E-state index contributed by atoms with van der Waals surface area (Å²) in [5.41, 5.74) is 0.571. The van der Waals surface area contributed by atoms with Crippen LogP contribution < -0.4 is 5.56 Å². The minimum Gasteiger partial charge on any atom is -0.300 e. The summed E-state index contributed by atoms with van der Waals surface area (Å²) in [6.45, 7) is 1.67. The Morgan fingerprint density at radius 1 is 1.31 bits per heavy atom. The molecule has 0 aliphatic rings. The number of aryl methyl sites for hydroxylation is 2. The topological polar surface area (TPSA) is 37.8 Å². The molecule has 0 unspecified atom stereocenters. The summed E-state index contributed by atoms with van der Waals surface area (Å²) >= 11 is 0. The lowest BCUT2D eigenvalue weighted by atomic mass is 10.1. The number of nitrogens with one attached hydrogen (secondary N) is 1. The van der Waals surface area contributed by atoms with E-state index in [0.717, 1.165) is 12.1 Å². The molecule has 0 fully saturated rings. The molecule has 2 rings (SSSR count). The van der Waals surface area contributed by atoms with Gasteiger partial charge >= 0.3 is 0 Å². The van der Waals surface area contributed by atoms with Crippen molar-refractivity contribution in [1.29, 1.82) is 0 Å². The number of hydrogen-bond donors (Lipinski definition) is 1. The molecule has 84 valence electrons. The molecule has 0 amide bonds. The Hall–Kier alpha value is -1.91. The maximum atomic E-state index is 13.5. The molecule has 1 heterocycles. The molecule has 0 radical (unpaired) electrons. The number of H-pyrrole nitrogens is 1. The number of aromatic nitrogens is 2. The first kappa shape index (κ1) is 10.6. The van der Waals surface area contributed by atoms with E-state index in [9.17, 15) is 13.6 Å². The van der Waals surface area contributed by atoms with E-state index in [-0.39, 0.29) is 16.7 Å². The van der Waals surface area contributed by atoms with Crippen LogP contribution in [0.4, 0.5) is 8.78 Å². The Labute approximate surface area is 90.3 Å². The van der Waals surface area contributed by atoms with Gasteiger partial charge < -0.3 is 0 Å². The second-order valence-electron chi connectivity index (χ2n) is 3.60. The van der Waals surface area contributed by atoms with Gasteiger partial charge in [-0.25, -0.2) is 8.78 Å². The minimum atomic E-state index is -0.736. The first-order valence-corrected chi connectivity index (χ1v) is 4.71. The molecule has 0 spiro atoms. The fourth-order valence-electron chi connectivity index (χ4n) is 1.70. The zero-order valence-corrected chi connectivity index (χ0v) is 8.84. The molecule has 0 saturated carbocycles. The summed E-state index contributed by atoms with van der Waals surface area (Å²) in [5, 5.41) is 2.76. The van der Waals surface area contributed by atoms with Gasteiger partial charge in [-0.05, 0) is 19.1 Å². The smallest absolute Gasteiger partial charge is 0.274 e. The van der Waals surface area contributed by atoms with Crippen LogP contribution in [0.3, 0.4) is 0 Å². The fourth-order valence-corrected chi connectivity index (χ4v) is 1.70. The quantitative estimate of drug-likeness (QED) is 0.790. The van der Waals surface area contributed by atoms with Crippen LogP contribution in [0.2, 0.25) is 0 Å². The van der Waals surface area contributed by atoms with Crippen LogP contribution >= 0.6 is 0 Å². The molecule has 0 atom stereocenters. The predicted molar refractivity (Wildman–Crippen MR) is 56.1 cm³/mol. The van der Waals surface area contributed by atoms with E-state index < -0.39 is 11.6 Å². The predicted octanol–water partition coefficient (Wildman–Crippen LogP) is 1.97. The molecule has 0 aliphatic heterocycles. The van der Waals surface area contributed by atoms with Crippen LogP contribution in [-0.2, 0) is 7.05 Å². The lowest BCUT2D eigenvalue weighted by molar-refractivity contribution is 0.585. The zero-order valence-electron chi connectivity index (χ0n) is 8.84. The average Bonchev–Trinajstić information content (AvgIpc) is 2.43. The van der Waals surface area contributed by atoms with Crippen molar-refractivity contribution in [1.82, 2.24) is 9.78 Å². The maximum Gasteiger partial charge on any atom is 0.274 e. The van der Waals surface area contributed by atoms with Gasteiger partial charge in [0.15, 0.2) is 0 Å². The molecule has 1 N–H and O–H groups in total. The standard InChI is InChI=1S/C11H10F2N2O/c1-6-10(11(16)15(2)14-6)8-4-3-7(12)5-9(8)13/h3-5,14H,1-2H3. The Bertz CT molecular complexity index is 599. The number of benzene rings is 1. The fraction of sp³-hybridized carbons (Fsp3) is 0.182. The molecule has 2 aromatic rings. The van der Waals surface area contributed by atoms with Crippen molar-refractivity contribution in [2.24, 2.45) is 7.05 Å². The highest BCUT2D eigenvalue weighted by molar-refractivity contribution is 5.65. The average molecular weight is 224 g/mol. The van der Waals surface area contributed by atoms with E-state index in [0.29, 0.717) is 5.69 Å². The van der Waals surface area contributed by atoms with E-state index in [2.05, 4.69) is 5.10 Å². The molecule has 0 bridgehead atoms. The van der Waals surface area contributed by atoms with Crippen molar-refractivity contribution in [3.8, 4) is 11.1 Å². The van der Waals surface area contributed by atoms with Crippen molar-refractivity contribution in [2.45, 2.75) is 6.92 Å². The third-order valence-electron chi connectivity index (χ3n) is 2.43. The molecule has 1 aromatic carbocycles. The van der Waals surface area contributed by atoms with Crippen molar-refractivity contribution in [3.05, 3.63) is 45.9 Å². The number of rotatable bonds is 1. The highest BCUT2D eigenvalue weighted by atomic mass is 19.1. The van der Waals surface area contributed by atoms with Gasteiger partial charge in [-0.2, -0.15) is 0 Å². The van der Waals surface area contributed by atoms with E-state index in [4.69, 9.17) is 0 Å². The Morgan fingerprint density at radius 2 is 2.00 bits per heavy atom. The van der Waals surface area contributed by atoms with Crippen molar-refractivity contribution < 1.29 is 8.78 Å². The Balaban J connectivity index is 2.72. The minimum absolute atomic E-state index is 0.112. The first-order chi connectivity index (χ1) is 7.50. The van der Waals surface area contributed by atoms with Gasteiger partial charge in [0.2, 0.25) is 0 Å². The highest BCUT2D eigenvalue weighted by Gasteiger charge is 2.15. The van der Waals surface area contributed by atoms with Gasteiger partial charge in [-0.1, -0.05) is 0 Å². The van der Waals surface area contributed by atoms with Gasteiger partial charge in [0.05, 0.1) is 5.56 Å². The summed E-state index contributed by atoms with van der Waals surface area (Å²) < 4.78 is 27.5. The SMILES string of the molecule is Cc1[nH]n(C)c(=O)c1-c1ccc(F)cc1F. The third kappa shape index (κ3) is 1.54. The number of aromatic amines is 1. The van der Waals surface area contributed by atoms with E-state index in [1.165, 1.54) is 10.7 Å². The van der Waals surface area contributed by atoms with Gasteiger partial charge in [0.1, 0.15) is 11.6 Å². The molecule has 0 aliphatic carbocycles. The van der Waals surface area contributed by atoms with Crippen LogP contribution in [0.5, 0.6) is 0 Å². The molecule has 3 nitrogen and oxygen atoms in total. The lowest BCUT2D eigenvalue weighted by Gasteiger charge is -2.00. The largest absolute Gasteiger partial charge is 0.300 e. The summed E-state index contributed by atoms with van der Waals surface area (Å²) in [5.74, 6) is -1.40. The molecule has 16 heavy (non-hydrogen) atoms. The zero-order chi connectivity index (χ0) is 11.9. The van der Waals surface area contributed by atoms with Gasteiger partial charge in [-0.3, -0.25) is 14.6 Å². The normalized spacial score (nSPS) is 10.8. The summed E-state index contributed by atoms with van der Waals surface area (Å²) in [7, 11) is 1.54. The number of nitrogens with zero attached hydrogens (tertiary/aromatic N) is 1. The molecule has 1 aromatic heterocycles. The van der Waals surface area contributed by atoms with E-state index >= 15 is 0 Å². The van der Waals surface area contributed by atoms with Crippen molar-refractivity contribution in [3.63, 3.8) is 0 Å². The van der Waals surface area contributed by atoms with E-state index in [1.54, 1.807) is 14.0 Å². The van der Waals surface area contributed by atoms with Crippen molar-refractivity contribution >= 4 is 0 Å². The first-order valence-electron chi connectivity index (χ1n) is 4.71. The van der Waals surface area contributed by atoms with Gasteiger partial charge in [-0.15, -0.1) is 0 Å². The van der Waals surface area contributed by atoms with Gasteiger partial charge in [0, 0.05) is 24.4 Å². The lowest BCUT2D eigenvalue weighted by Crippen LogP contribution is -2.13. The van der Waals surface area contributed by atoms with Crippen LogP contribution in [0.25, 0.3) is 11.1 Å². The van der Waals surface area contributed by atoms with Crippen LogP contribution in [0, 0.1) is 18.6 Å². The van der Waals surface area contributed by atoms with Crippen LogP contribution in [0.15, 0.2) is 23.0 Å². The van der Waals surface area contributed by atoms with Crippen molar-refractivity contribution in [2.75, 3.05) is 0 Å².